The number of para-hydroxylation sites is 2. The smallest absolute Gasteiger partial charge is 0.257 e. The number of amides is 1. The number of nitrogens with one attached hydrogen (secondary N) is 1. The van der Waals surface area contributed by atoms with Gasteiger partial charge in [0.15, 0.2) is 5.65 Å². The topological polar surface area (TPSA) is 85.8 Å². The van der Waals surface area contributed by atoms with Gasteiger partial charge in [-0.1, -0.05) is 36.4 Å². The van der Waals surface area contributed by atoms with Crippen LogP contribution in [0.2, 0.25) is 0 Å². The highest BCUT2D eigenvalue weighted by atomic mass is 19.1. The van der Waals surface area contributed by atoms with Gasteiger partial charge < -0.3 is 15.6 Å². The van der Waals surface area contributed by atoms with Crippen molar-refractivity contribution in [3.8, 4) is 0 Å². The SMILES string of the molecule is C=CCNC(=O)c1c(N)n(CCc2ccccc2F)c2nc3ccccc3nc12. The van der Waals surface area contributed by atoms with Gasteiger partial charge in [0.1, 0.15) is 22.7 Å². The van der Waals surface area contributed by atoms with Crippen LogP contribution in [0.15, 0.2) is 61.2 Å². The van der Waals surface area contributed by atoms with Gasteiger partial charge in [-0.05, 0) is 30.2 Å². The van der Waals surface area contributed by atoms with Crippen molar-refractivity contribution in [3.63, 3.8) is 0 Å². The molecule has 0 fully saturated rings. The summed E-state index contributed by atoms with van der Waals surface area (Å²) in [7, 11) is 0. The summed E-state index contributed by atoms with van der Waals surface area (Å²) in [5.41, 5.74) is 9.49. The lowest BCUT2D eigenvalue weighted by atomic mass is 10.1. The third kappa shape index (κ3) is 3.42. The number of fused-ring (bicyclic) bond motifs is 2. The van der Waals surface area contributed by atoms with Gasteiger partial charge in [0.25, 0.3) is 5.91 Å². The van der Waals surface area contributed by atoms with Gasteiger partial charge in [-0.2, -0.15) is 0 Å². The van der Waals surface area contributed by atoms with Gasteiger partial charge in [0.05, 0.1) is 11.0 Å². The number of nitrogens with two attached hydrogens (primary N) is 1. The maximum absolute atomic E-state index is 14.0. The first-order chi connectivity index (χ1) is 14.1. The molecule has 0 saturated heterocycles. The molecule has 0 aliphatic carbocycles. The average Bonchev–Trinajstić information content (AvgIpc) is 3.00. The molecule has 4 aromatic rings. The number of hydrogen-bond acceptors (Lipinski definition) is 4. The number of rotatable bonds is 6. The van der Waals surface area contributed by atoms with Gasteiger partial charge >= 0.3 is 0 Å². The van der Waals surface area contributed by atoms with E-state index in [1.165, 1.54) is 6.07 Å². The van der Waals surface area contributed by atoms with Crippen LogP contribution in [0, 0.1) is 5.82 Å². The fourth-order valence-corrected chi connectivity index (χ4v) is 3.35. The first-order valence-electron chi connectivity index (χ1n) is 9.27. The molecule has 2 aromatic carbocycles. The number of nitrogens with zero attached hydrogens (tertiary/aromatic N) is 3. The highest BCUT2D eigenvalue weighted by molar-refractivity contribution is 6.10. The quantitative estimate of drug-likeness (QED) is 0.495. The number of anilines is 1. The summed E-state index contributed by atoms with van der Waals surface area (Å²) in [6.07, 6.45) is 2.00. The van der Waals surface area contributed by atoms with E-state index in [0.717, 1.165) is 0 Å². The molecule has 146 valence electrons. The molecule has 0 atom stereocenters. The molecule has 3 N–H and O–H groups in total. The van der Waals surface area contributed by atoms with Crippen LogP contribution >= 0.6 is 0 Å². The average molecular weight is 389 g/mol. The lowest BCUT2D eigenvalue weighted by Crippen LogP contribution is -2.24. The number of aryl methyl sites for hydroxylation is 2. The molecule has 0 aliphatic rings. The Morgan fingerprint density at radius 3 is 2.55 bits per heavy atom. The Morgan fingerprint density at radius 1 is 1.14 bits per heavy atom. The zero-order valence-corrected chi connectivity index (χ0v) is 15.7. The van der Waals surface area contributed by atoms with Crippen molar-refractivity contribution in [2.24, 2.45) is 0 Å². The van der Waals surface area contributed by atoms with Gasteiger partial charge in [0, 0.05) is 13.1 Å². The van der Waals surface area contributed by atoms with Crippen LogP contribution in [0.5, 0.6) is 0 Å². The fourth-order valence-electron chi connectivity index (χ4n) is 3.35. The molecular weight excluding hydrogens is 369 g/mol. The van der Waals surface area contributed by atoms with Crippen LogP contribution < -0.4 is 11.1 Å². The van der Waals surface area contributed by atoms with Gasteiger partial charge in [-0.25, -0.2) is 14.4 Å². The van der Waals surface area contributed by atoms with Crippen molar-refractivity contribution in [2.75, 3.05) is 12.3 Å². The second-order valence-corrected chi connectivity index (χ2v) is 6.64. The minimum absolute atomic E-state index is 0.258. The normalized spacial score (nSPS) is 11.1. The largest absolute Gasteiger partial charge is 0.384 e. The Balaban J connectivity index is 1.84. The summed E-state index contributed by atoms with van der Waals surface area (Å²) in [4.78, 5) is 22.1. The second kappa shape index (κ2) is 7.71. The van der Waals surface area contributed by atoms with E-state index in [2.05, 4.69) is 21.9 Å². The molecule has 2 aromatic heterocycles. The third-order valence-electron chi connectivity index (χ3n) is 4.79. The number of carbonyl (C=O) groups excluding carboxylic acids is 1. The number of halogens is 1. The summed E-state index contributed by atoms with van der Waals surface area (Å²) >= 11 is 0. The monoisotopic (exact) mass is 389 g/mol. The van der Waals surface area contributed by atoms with E-state index in [1.54, 1.807) is 28.8 Å². The van der Waals surface area contributed by atoms with Crippen LogP contribution in [0.4, 0.5) is 10.2 Å². The van der Waals surface area contributed by atoms with Crippen LogP contribution in [-0.2, 0) is 13.0 Å². The molecule has 0 bridgehead atoms. The molecule has 0 saturated carbocycles. The third-order valence-corrected chi connectivity index (χ3v) is 4.79. The van der Waals surface area contributed by atoms with E-state index < -0.39 is 0 Å². The van der Waals surface area contributed by atoms with Crippen LogP contribution in [0.25, 0.3) is 22.2 Å². The van der Waals surface area contributed by atoms with Crippen molar-refractivity contribution in [1.29, 1.82) is 0 Å². The second-order valence-electron chi connectivity index (χ2n) is 6.64. The van der Waals surface area contributed by atoms with Crippen LogP contribution in [-0.4, -0.2) is 27.0 Å². The lowest BCUT2D eigenvalue weighted by Gasteiger charge is -2.09. The Morgan fingerprint density at radius 2 is 1.83 bits per heavy atom. The molecule has 4 rings (SSSR count). The molecule has 0 aliphatic heterocycles. The van der Waals surface area contributed by atoms with Crippen molar-refractivity contribution in [3.05, 3.63) is 78.1 Å². The van der Waals surface area contributed by atoms with E-state index >= 15 is 0 Å². The van der Waals surface area contributed by atoms with Crippen LogP contribution in [0.3, 0.4) is 0 Å². The first-order valence-corrected chi connectivity index (χ1v) is 9.27. The molecule has 7 heteroatoms. The maximum atomic E-state index is 14.0. The number of nitrogen functional groups attached to an aromatic ring is 1. The Hall–Kier alpha value is -3.74. The first kappa shape index (κ1) is 18.6. The minimum atomic E-state index is -0.346. The van der Waals surface area contributed by atoms with E-state index in [9.17, 15) is 9.18 Å². The molecule has 0 spiro atoms. The molecule has 6 nitrogen and oxygen atoms in total. The number of benzene rings is 2. The Labute approximate surface area is 166 Å². The highest BCUT2D eigenvalue weighted by Crippen LogP contribution is 2.28. The van der Waals surface area contributed by atoms with Crippen molar-refractivity contribution in [1.82, 2.24) is 19.9 Å². The summed E-state index contributed by atoms with van der Waals surface area (Å²) in [5, 5.41) is 2.75. The Bertz CT molecular complexity index is 1230. The van der Waals surface area contributed by atoms with E-state index in [1.807, 2.05) is 24.3 Å². The molecule has 0 radical (unpaired) electrons. The van der Waals surface area contributed by atoms with Gasteiger partial charge in [-0.15, -0.1) is 6.58 Å². The minimum Gasteiger partial charge on any atom is -0.384 e. The standard InChI is InChI=1S/C22H20FN5O/c1-2-12-25-22(29)18-19-21(27-17-10-6-5-9-16(17)26-19)28(20(18)24)13-11-14-7-3-4-8-15(14)23/h2-10H,1,11-13,24H2,(H,25,29). The van der Waals surface area contributed by atoms with E-state index in [-0.39, 0.29) is 23.1 Å². The van der Waals surface area contributed by atoms with Gasteiger partial charge in [0.2, 0.25) is 0 Å². The number of aromatic nitrogens is 3. The zero-order valence-electron chi connectivity index (χ0n) is 15.7. The van der Waals surface area contributed by atoms with Crippen molar-refractivity contribution < 1.29 is 9.18 Å². The van der Waals surface area contributed by atoms with Crippen molar-refractivity contribution in [2.45, 2.75) is 13.0 Å². The van der Waals surface area contributed by atoms with E-state index in [4.69, 9.17) is 5.73 Å². The van der Waals surface area contributed by atoms with Crippen LogP contribution in [0.1, 0.15) is 15.9 Å². The summed E-state index contributed by atoms with van der Waals surface area (Å²) in [5.74, 6) is -0.363. The highest BCUT2D eigenvalue weighted by Gasteiger charge is 2.23. The molecule has 1 amide bonds. The predicted molar refractivity (Wildman–Crippen MR) is 112 cm³/mol. The zero-order chi connectivity index (χ0) is 20.4. The molecule has 0 unspecified atom stereocenters. The number of hydrogen-bond donors (Lipinski definition) is 2. The van der Waals surface area contributed by atoms with Gasteiger partial charge in [-0.3, -0.25) is 4.79 Å². The Kier molecular flexibility index (Phi) is 4.95. The summed E-state index contributed by atoms with van der Waals surface area (Å²) in [6.45, 7) is 4.29. The van der Waals surface area contributed by atoms with E-state index in [0.29, 0.717) is 47.3 Å². The van der Waals surface area contributed by atoms with Crippen molar-refractivity contribution >= 4 is 33.9 Å². The molecule has 29 heavy (non-hydrogen) atoms. The molecule has 2 heterocycles. The number of carbonyl (C=O) groups is 1. The summed E-state index contributed by atoms with van der Waals surface area (Å²) < 4.78 is 15.8. The maximum Gasteiger partial charge on any atom is 0.257 e. The lowest BCUT2D eigenvalue weighted by molar-refractivity contribution is 0.0960. The predicted octanol–water partition coefficient (Wildman–Crippen LogP) is 3.46. The summed E-state index contributed by atoms with van der Waals surface area (Å²) in [6, 6.07) is 14.0. The fraction of sp³-hybridized carbons (Fsp3) is 0.136. The molecular formula is C22H20FN5O.